The molecule has 0 aliphatic rings. The lowest BCUT2D eigenvalue weighted by Crippen LogP contribution is -2.20. The average molecular weight is 448 g/mol. The number of urea groups is 1. The molecular weight excluding hydrogens is 436 g/mol. The number of amides is 2. The molecule has 0 bridgehead atoms. The van der Waals surface area contributed by atoms with E-state index < -0.39 is 29.3 Å². The van der Waals surface area contributed by atoms with E-state index in [1.165, 1.54) is 23.7 Å². The SMILES string of the molecule is O=C(Nc1ccc(Oc2nccc3sncc23)cc1)Nc1cc(C(F)(F)F)ccc1F. The van der Waals surface area contributed by atoms with Crippen molar-refractivity contribution in [3.8, 4) is 11.6 Å². The van der Waals surface area contributed by atoms with Gasteiger partial charge in [0.05, 0.1) is 27.5 Å². The molecule has 2 aromatic carbocycles. The van der Waals surface area contributed by atoms with Crippen molar-refractivity contribution in [2.45, 2.75) is 6.18 Å². The van der Waals surface area contributed by atoms with E-state index in [1.807, 2.05) is 6.07 Å². The molecule has 158 valence electrons. The van der Waals surface area contributed by atoms with E-state index in [0.717, 1.165) is 10.1 Å². The number of alkyl halides is 3. The van der Waals surface area contributed by atoms with E-state index in [4.69, 9.17) is 4.74 Å². The Balaban J connectivity index is 1.42. The predicted octanol–water partition coefficient (Wildman–Crippen LogP) is 6.29. The van der Waals surface area contributed by atoms with Gasteiger partial charge in [-0.25, -0.2) is 14.2 Å². The van der Waals surface area contributed by atoms with Crippen LogP contribution in [0.3, 0.4) is 0 Å². The molecule has 0 radical (unpaired) electrons. The van der Waals surface area contributed by atoms with Crippen LogP contribution in [0.1, 0.15) is 5.56 Å². The van der Waals surface area contributed by atoms with Gasteiger partial charge in [-0.05, 0) is 60.1 Å². The third-order valence-corrected chi connectivity index (χ3v) is 4.88. The van der Waals surface area contributed by atoms with E-state index in [9.17, 15) is 22.4 Å². The molecule has 0 unspecified atom stereocenters. The zero-order valence-electron chi connectivity index (χ0n) is 15.4. The first-order valence-corrected chi connectivity index (χ1v) is 9.49. The van der Waals surface area contributed by atoms with Crippen molar-refractivity contribution < 1.29 is 27.1 Å². The van der Waals surface area contributed by atoms with Crippen LogP contribution in [-0.2, 0) is 6.18 Å². The number of anilines is 2. The molecule has 2 aromatic heterocycles. The second-order valence-electron chi connectivity index (χ2n) is 6.25. The van der Waals surface area contributed by atoms with Gasteiger partial charge in [0.1, 0.15) is 11.6 Å². The summed E-state index contributed by atoms with van der Waals surface area (Å²) >= 11 is 1.31. The molecule has 2 heterocycles. The summed E-state index contributed by atoms with van der Waals surface area (Å²) in [4.78, 5) is 16.2. The van der Waals surface area contributed by atoms with E-state index in [0.29, 0.717) is 35.5 Å². The summed E-state index contributed by atoms with van der Waals surface area (Å²) < 4.78 is 62.8. The number of pyridine rings is 1. The van der Waals surface area contributed by atoms with Crippen LogP contribution in [0.4, 0.5) is 33.7 Å². The molecule has 0 saturated carbocycles. The number of nitrogens with one attached hydrogen (secondary N) is 2. The van der Waals surface area contributed by atoms with Crippen molar-refractivity contribution in [3.63, 3.8) is 0 Å². The molecule has 2 amide bonds. The Morgan fingerprint density at radius 3 is 2.55 bits per heavy atom. The maximum Gasteiger partial charge on any atom is 0.416 e. The summed E-state index contributed by atoms with van der Waals surface area (Å²) in [6.45, 7) is 0. The van der Waals surface area contributed by atoms with Gasteiger partial charge in [0, 0.05) is 11.9 Å². The fourth-order valence-corrected chi connectivity index (χ4v) is 3.28. The Morgan fingerprint density at radius 2 is 1.81 bits per heavy atom. The van der Waals surface area contributed by atoms with Crippen molar-refractivity contribution >= 4 is 39.0 Å². The number of benzene rings is 2. The maximum atomic E-state index is 13.8. The fourth-order valence-electron chi connectivity index (χ4n) is 2.65. The zero-order chi connectivity index (χ0) is 22.0. The second-order valence-corrected chi connectivity index (χ2v) is 7.08. The zero-order valence-corrected chi connectivity index (χ0v) is 16.2. The highest BCUT2D eigenvalue weighted by Gasteiger charge is 2.31. The molecular formula is C20H12F4N4O2S. The van der Waals surface area contributed by atoms with Crippen molar-refractivity contribution in [2.75, 3.05) is 10.6 Å². The van der Waals surface area contributed by atoms with Gasteiger partial charge in [-0.1, -0.05) is 0 Å². The van der Waals surface area contributed by atoms with Gasteiger partial charge in [-0.15, -0.1) is 0 Å². The smallest absolute Gasteiger partial charge is 0.416 e. The van der Waals surface area contributed by atoms with Gasteiger partial charge in [0.2, 0.25) is 5.88 Å². The third-order valence-electron chi connectivity index (χ3n) is 4.12. The first-order chi connectivity index (χ1) is 14.8. The largest absolute Gasteiger partial charge is 0.438 e. The molecule has 0 atom stereocenters. The fraction of sp³-hybridized carbons (Fsp3) is 0.0500. The summed E-state index contributed by atoms with van der Waals surface area (Å²) in [5.74, 6) is -0.165. The number of hydrogen-bond acceptors (Lipinski definition) is 5. The van der Waals surface area contributed by atoms with Gasteiger partial charge >= 0.3 is 12.2 Å². The van der Waals surface area contributed by atoms with Crippen molar-refractivity contribution in [1.82, 2.24) is 9.36 Å². The van der Waals surface area contributed by atoms with Crippen LogP contribution in [0.25, 0.3) is 10.1 Å². The van der Waals surface area contributed by atoms with E-state index in [-0.39, 0.29) is 0 Å². The number of carbonyl (C=O) groups is 1. The highest BCUT2D eigenvalue weighted by atomic mass is 32.1. The Hall–Kier alpha value is -3.73. The second kappa shape index (κ2) is 8.19. The third kappa shape index (κ3) is 4.72. The average Bonchev–Trinajstić information content (AvgIpc) is 3.20. The van der Waals surface area contributed by atoms with Crippen LogP contribution in [0.5, 0.6) is 11.6 Å². The van der Waals surface area contributed by atoms with Gasteiger partial charge in [-0.3, -0.25) is 0 Å². The standard InChI is InChI=1S/C20H12F4N4O2S/c21-15-6-1-11(20(22,23)24)9-16(15)28-19(29)27-12-2-4-13(5-3-12)30-18-14-10-26-31-17(14)7-8-25-18/h1-10H,(H2,27,28,29). The molecule has 0 saturated heterocycles. The molecule has 0 fully saturated rings. The summed E-state index contributed by atoms with van der Waals surface area (Å²) in [7, 11) is 0. The number of aromatic nitrogens is 2. The Morgan fingerprint density at radius 1 is 1.03 bits per heavy atom. The van der Waals surface area contributed by atoms with Gasteiger partial charge in [-0.2, -0.15) is 17.5 Å². The minimum absolute atomic E-state index is 0.320. The van der Waals surface area contributed by atoms with Crippen molar-refractivity contribution in [1.29, 1.82) is 0 Å². The minimum atomic E-state index is -4.66. The van der Waals surface area contributed by atoms with E-state index in [1.54, 1.807) is 24.5 Å². The highest BCUT2D eigenvalue weighted by Crippen LogP contribution is 2.32. The Labute approximate surface area is 176 Å². The molecule has 0 aliphatic heterocycles. The van der Waals surface area contributed by atoms with Crippen molar-refractivity contribution in [3.05, 3.63) is 72.3 Å². The number of fused-ring (bicyclic) bond motifs is 1. The molecule has 4 aromatic rings. The topological polar surface area (TPSA) is 76.1 Å². The predicted molar refractivity (Wildman–Crippen MR) is 108 cm³/mol. The maximum absolute atomic E-state index is 13.8. The number of hydrogen-bond donors (Lipinski definition) is 2. The van der Waals surface area contributed by atoms with Crippen LogP contribution in [0.15, 0.2) is 60.9 Å². The quantitative estimate of drug-likeness (QED) is 0.360. The Kier molecular flexibility index (Phi) is 5.42. The summed E-state index contributed by atoms with van der Waals surface area (Å²) in [5.41, 5.74) is -1.34. The van der Waals surface area contributed by atoms with Gasteiger partial charge in [0.15, 0.2) is 0 Å². The number of carbonyl (C=O) groups excluding carboxylic acids is 1. The monoisotopic (exact) mass is 448 g/mol. The van der Waals surface area contributed by atoms with Crippen LogP contribution in [0, 0.1) is 5.82 Å². The lowest BCUT2D eigenvalue weighted by molar-refractivity contribution is -0.137. The van der Waals surface area contributed by atoms with E-state index in [2.05, 4.69) is 20.0 Å². The van der Waals surface area contributed by atoms with Gasteiger partial charge < -0.3 is 15.4 Å². The number of ether oxygens (including phenoxy) is 1. The van der Waals surface area contributed by atoms with Crippen LogP contribution in [-0.4, -0.2) is 15.4 Å². The first-order valence-electron chi connectivity index (χ1n) is 8.72. The molecule has 4 rings (SSSR count). The minimum Gasteiger partial charge on any atom is -0.438 e. The molecule has 6 nitrogen and oxygen atoms in total. The normalized spacial score (nSPS) is 11.4. The van der Waals surface area contributed by atoms with Crippen LogP contribution in [0.2, 0.25) is 0 Å². The molecule has 0 aliphatic carbocycles. The lowest BCUT2D eigenvalue weighted by atomic mass is 10.2. The van der Waals surface area contributed by atoms with Crippen molar-refractivity contribution in [2.24, 2.45) is 0 Å². The summed E-state index contributed by atoms with van der Waals surface area (Å²) in [6, 6.07) is 8.86. The van der Waals surface area contributed by atoms with Gasteiger partial charge in [0.25, 0.3) is 0 Å². The number of halogens is 4. The Bertz CT molecular complexity index is 1240. The first kappa shape index (κ1) is 20.5. The summed E-state index contributed by atoms with van der Waals surface area (Å²) in [5, 5.41) is 5.25. The molecule has 2 N–H and O–H groups in total. The van der Waals surface area contributed by atoms with E-state index >= 15 is 0 Å². The summed E-state index contributed by atoms with van der Waals surface area (Å²) in [6.07, 6.45) is -1.41. The van der Waals surface area contributed by atoms with Crippen LogP contribution < -0.4 is 15.4 Å². The van der Waals surface area contributed by atoms with Crippen LogP contribution >= 0.6 is 11.5 Å². The number of rotatable bonds is 4. The number of nitrogens with zero attached hydrogens (tertiary/aromatic N) is 2. The molecule has 0 spiro atoms. The lowest BCUT2D eigenvalue weighted by Gasteiger charge is -2.12. The molecule has 31 heavy (non-hydrogen) atoms. The highest BCUT2D eigenvalue weighted by molar-refractivity contribution is 7.13. The molecule has 11 heteroatoms.